The van der Waals surface area contributed by atoms with Crippen LogP contribution in [0.3, 0.4) is 0 Å². The monoisotopic (exact) mass is 246 g/mol. The fourth-order valence-electron chi connectivity index (χ4n) is 1.47. The van der Waals surface area contributed by atoms with Gasteiger partial charge in [0, 0.05) is 37.7 Å². The molecule has 0 amide bonds. The van der Waals surface area contributed by atoms with Crippen LogP contribution in [0.2, 0.25) is 0 Å². The first-order chi connectivity index (χ1) is 6.91. The Labute approximate surface area is 127 Å². The summed E-state index contributed by atoms with van der Waals surface area (Å²) in [5.41, 5.74) is 2.59. The summed E-state index contributed by atoms with van der Waals surface area (Å²) >= 11 is 0. The van der Waals surface area contributed by atoms with Crippen LogP contribution in [0.15, 0.2) is 18.2 Å². The summed E-state index contributed by atoms with van der Waals surface area (Å²) in [6, 6.07) is 5.62. The fraction of sp³-hybridized carbons (Fsp3) is 0.462. The van der Waals surface area contributed by atoms with Crippen LogP contribution in [-0.4, -0.2) is 11.1 Å². The van der Waals surface area contributed by atoms with Crippen molar-refractivity contribution in [1.82, 2.24) is 0 Å². The minimum absolute atomic E-state index is 0. The third-order valence-corrected chi connectivity index (χ3v) is 2.56. The molecule has 0 aliphatic rings. The van der Waals surface area contributed by atoms with Crippen molar-refractivity contribution in [3.05, 3.63) is 34.9 Å². The molecule has 0 saturated carbocycles. The quantitative estimate of drug-likeness (QED) is 0.884. The van der Waals surface area contributed by atoms with Gasteiger partial charge in [-0.15, -0.1) is 0 Å². The van der Waals surface area contributed by atoms with Gasteiger partial charge in [0.2, 0.25) is 0 Å². The number of rotatable bonds is 3. The van der Waals surface area contributed by atoms with Gasteiger partial charge in [-0.2, -0.15) is 0 Å². The van der Waals surface area contributed by atoms with E-state index >= 15 is 0 Å². The molecule has 90 valence electrons. The molecular formula is C13H18ArO2. The largest absolute Gasteiger partial charge is 0.478 e. The minimum atomic E-state index is -0.848. The van der Waals surface area contributed by atoms with E-state index < -0.39 is 5.97 Å². The maximum Gasteiger partial charge on any atom is 0.335 e. The van der Waals surface area contributed by atoms with Crippen LogP contribution in [0.25, 0.3) is 0 Å². The summed E-state index contributed by atoms with van der Waals surface area (Å²) in [6.45, 7) is 8.30. The van der Waals surface area contributed by atoms with Gasteiger partial charge in [-0.1, -0.05) is 33.8 Å². The van der Waals surface area contributed by atoms with E-state index in [0.717, 1.165) is 11.1 Å². The van der Waals surface area contributed by atoms with Gasteiger partial charge in [0.15, 0.2) is 0 Å². The van der Waals surface area contributed by atoms with E-state index in [2.05, 4.69) is 33.8 Å². The van der Waals surface area contributed by atoms with Crippen molar-refractivity contribution in [2.45, 2.75) is 39.5 Å². The normalized spacial score (nSPS) is 10.4. The van der Waals surface area contributed by atoms with E-state index in [1.165, 1.54) is 0 Å². The predicted molar refractivity (Wildman–Crippen MR) is 61.6 cm³/mol. The Morgan fingerprint density at radius 1 is 1.00 bits per heavy atom. The van der Waals surface area contributed by atoms with Crippen molar-refractivity contribution in [2.24, 2.45) is 0 Å². The smallest absolute Gasteiger partial charge is 0.335 e. The van der Waals surface area contributed by atoms with Gasteiger partial charge in [0.1, 0.15) is 0 Å². The van der Waals surface area contributed by atoms with E-state index in [-0.39, 0.29) is 37.7 Å². The Balaban J connectivity index is 0.00000225. The SMILES string of the molecule is CC(C)c1cc(C(=O)O)cc(C(C)C)c1.[Ar]. The van der Waals surface area contributed by atoms with Crippen LogP contribution in [0.5, 0.6) is 0 Å². The van der Waals surface area contributed by atoms with E-state index in [0.29, 0.717) is 17.4 Å². The molecule has 0 fully saturated rings. The van der Waals surface area contributed by atoms with E-state index in [1.54, 1.807) is 12.1 Å². The average molecular weight is 246 g/mol. The Hall–Kier alpha value is -0.0503. The van der Waals surface area contributed by atoms with E-state index in [4.69, 9.17) is 5.11 Å². The van der Waals surface area contributed by atoms with Crippen molar-refractivity contribution < 1.29 is 47.6 Å². The average Bonchev–Trinajstić information content (AvgIpc) is 2.16. The summed E-state index contributed by atoms with van der Waals surface area (Å²) in [4.78, 5) is 11.0. The maximum absolute atomic E-state index is 11.0. The van der Waals surface area contributed by atoms with E-state index in [9.17, 15) is 4.79 Å². The summed E-state index contributed by atoms with van der Waals surface area (Å²) in [5.74, 6) is -0.122. The maximum atomic E-state index is 11.0. The van der Waals surface area contributed by atoms with Crippen molar-refractivity contribution in [1.29, 1.82) is 0 Å². The van der Waals surface area contributed by atoms with Crippen LogP contribution >= 0.6 is 0 Å². The van der Waals surface area contributed by atoms with Gasteiger partial charge in [-0.05, 0) is 35.1 Å². The number of carbonyl (C=O) groups is 1. The van der Waals surface area contributed by atoms with Crippen LogP contribution in [0, 0.1) is 37.7 Å². The van der Waals surface area contributed by atoms with Crippen LogP contribution < -0.4 is 0 Å². The minimum Gasteiger partial charge on any atom is -0.478 e. The molecule has 1 N–H and O–H groups in total. The first-order valence-corrected chi connectivity index (χ1v) is 5.30. The second-order valence-electron chi connectivity index (χ2n) is 4.50. The van der Waals surface area contributed by atoms with Crippen LogP contribution in [-0.2, 0) is 0 Å². The van der Waals surface area contributed by atoms with Crippen LogP contribution in [0.1, 0.15) is 61.0 Å². The number of hydrogen-bond acceptors (Lipinski definition) is 1. The van der Waals surface area contributed by atoms with Crippen molar-refractivity contribution in [2.75, 3.05) is 0 Å². The van der Waals surface area contributed by atoms with Crippen molar-refractivity contribution in [3.63, 3.8) is 0 Å². The Bertz CT molecular complexity index is 344. The molecule has 0 bridgehead atoms. The summed E-state index contributed by atoms with van der Waals surface area (Å²) in [7, 11) is 0. The molecule has 0 unspecified atom stereocenters. The fourth-order valence-corrected chi connectivity index (χ4v) is 1.47. The molecule has 1 aromatic rings. The molecular weight excluding hydrogens is 228 g/mol. The number of aromatic carboxylic acids is 1. The number of hydrogen-bond donors (Lipinski definition) is 1. The zero-order valence-electron chi connectivity index (χ0n) is 10.1. The molecule has 0 radical (unpaired) electrons. The van der Waals surface area contributed by atoms with Gasteiger partial charge in [0.05, 0.1) is 5.56 Å². The van der Waals surface area contributed by atoms with Gasteiger partial charge in [0.25, 0.3) is 0 Å². The predicted octanol–water partition coefficient (Wildman–Crippen LogP) is 3.63. The van der Waals surface area contributed by atoms with Crippen molar-refractivity contribution >= 4 is 5.97 Å². The Morgan fingerprint density at radius 2 is 1.38 bits per heavy atom. The third-order valence-electron chi connectivity index (χ3n) is 2.56. The second-order valence-corrected chi connectivity index (χ2v) is 4.50. The zero-order chi connectivity index (χ0) is 11.6. The third kappa shape index (κ3) is 4.08. The zero-order valence-corrected chi connectivity index (χ0v) is 10.8. The molecule has 3 heteroatoms. The topological polar surface area (TPSA) is 37.3 Å². The van der Waals surface area contributed by atoms with Crippen molar-refractivity contribution in [3.8, 4) is 0 Å². The summed E-state index contributed by atoms with van der Waals surface area (Å²) in [5, 5.41) is 9.00. The number of benzene rings is 1. The number of carboxylic acid groups (broad SMARTS) is 1. The number of carboxylic acids is 1. The molecule has 0 spiro atoms. The molecule has 1 aromatic carbocycles. The van der Waals surface area contributed by atoms with E-state index in [1.807, 2.05) is 0 Å². The Kier molecular flexibility index (Phi) is 6.61. The summed E-state index contributed by atoms with van der Waals surface area (Å²) < 4.78 is 0. The molecule has 0 saturated heterocycles. The molecule has 0 aromatic heterocycles. The standard InChI is InChI=1S/C13H18O2.Ar/c1-8(2)10-5-11(9(3)4)7-12(6-10)13(14)15;/h5-9H,1-4H3,(H,14,15);. The first-order valence-electron chi connectivity index (χ1n) is 5.30. The molecule has 2 nitrogen and oxygen atoms in total. The Morgan fingerprint density at radius 3 is 1.62 bits per heavy atom. The molecule has 0 aliphatic carbocycles. The molecule has 16 heavy (non-hydrogen) atoms. The molecule has 0 aliphatic heterocycles. The molecule has 0 heterocycles. The molecule has 0 atom stereocenters. The van der Waals surface area contributed by atoms with Gasteiger partial charge in [-0.25, -0.2) is 4.79 Å². The van der Waals surface area contributed by atoms with Gasteiger partial charge < -0.3 is 5.11 Å². The molecule has 1 rings (SSSR count). The first kappa shape index (κ1) is 15.9. The summed E-state index contributed by atoms with van der Waals surface area (Å²) in [6.07, 6.45) is 0. The van der Waals surface area contributed by atoms with Gasteiger partial charge in [-0.3, -0.25) is 0 Å². The van der Waals surface area contributed by atoms with Crippen LogP contribution in [0.4, 0.5) is 0 Å². The second kappa shape index (κ2) is 6.63. The van der Waals surface area contributed by atoms with Gasteiger partial charge >= 0.3 is 5.97 Å².